The van der Waals surface area contributed by atoms with E-state index in [1.54, 1.807) is 6.08 Å². The van der Waals surface area contributed by atoms with E-state index < -0.39 is 0 Å². The Balaban J connectivity index is 2.82. The summed E-state index contributed by atoms with van der Waals surface area (Å²) in [5.41, 5.74) is -0.509. The molecule has 0 radical (unpaired) electrons. The number of nitrogens with one attached hydrogen (secondary N) is 1. The first-order chi connectivity index (χ1) is 7.70. The molecule has 0 saturated carbocycles. The number of hydrogen-bond acceptors (Lipinski definition) is 3. The maximum atomic E-state index is 11.8. The van der Waals surface area contributed by atoms with Crippen LogP contribution in [0.2, 0.25) is 0 Å². The zero-order valence-corrected chi connectivity index (χ0v) is 9.48. The van der Waals surface area contributed by atoms with Gasteiger partial charge in [-0.15, -0.1) is 6.58 Å². The van der Waals surface area contributed by atoms with Gasteiger partial charge in [0.15, 0.2) is 0 Å². The number of hydrogen-bond donors (Lipinski definition) is 1. The molecule has 1 aromatic heterocycles. The van der Waals surface area contributed by atoms with E-state index in [0.717, 1.165) is 0 Å². The van der Waals surface area contributed by atoms with Crippen LogP contribution in [-0.4, -0.2) is 22.2 Å². The Kier molecular flexibility index (Phi) is 4.72. The van der Waals surface area contributed by atoms with Crippen molar-refractivity contribution in [1.82, 2.24) is 14.5 Å². The Hall–Kier alpha value is -1.62. The second-order valence-corrected chi connectivity index (χ2v) is 3.37. The molecule has 1 rings (SSSR count). The van der Waals surface area contributed by atoms with Crippen molar-refractivity contribution >= 4 is 0 Å². The van der Waals surface area contributed by atoms with Crippen LogP contribution in [0, 0.1) is 0 Å². The van der Waals surface area contributed by atoms with E-state index in [-0.39, 0.29) is 11.2 Å². The fourth-order valence-electron chi connectivity index (χ4n) is 1.40. The van der Waals surface area contributed by atoms with Gasteiger partial charge in [0, 0.05) is 38.4 Å². The highest BCUT2D eigenvalue weighted by atomic mass is 16.2. The Labute approximate surface area is 94.0 Å². The molecule has 0 fully saturated rings. The van der Waals surface area contributed by atoms with E-state index in [4.69, 9.17) is 0 Å². The number of aromatic nitrogens is 2. The summed E-state index contributed by atoms with van der Waals surface area (Å²) >= 11 is 0. The molecule has 1 N–H and O–H groups in total. The molecule has 0 aromatic carbocycles. The Morgan fingerprint density at radius 2 is 2.25 bits per heavy atom. The fourth-order valence-corrected chi connectivity index (χ4v) is 1.40. The minimum absolute atomic E-state index is 0.254. The monoisotopic (exact) mass is 223 g/mol. The topological polar surface area (TPSA) is 56.0 Å². The van der Waals surface area contributed by atoms with Crippen molar-refractivity contribution < 1.29 is 0 Å². The predicted molar refractivity (Wildman–Crippen MR) is 63.7 cm³/mol. The normalized spacial score (nSPS) is 10.3. The smallest absolute Gasteiger partial charge is 0.312 e. The van der Waals surface area contributed by atoms with E-state index in [1.807, 2.05) is 6.92 Å². The van der Waals surface area contributed by atoms with Crippen molar-refractivity contribution in [3.05, 3.63) is 45.8 Å². The zero-order chi connectivity index (χ0) is 12.0. The van der Waals surface area contributed by atoms with Crippen molar-refractivity contribution in [3.63, 3.8) is 0 Å². The largest absolute Gasteiger partial charge is 0.330 e. The molecule has 1 heterocycles. The third-order valence-electron chi connectivity index (χ3n) is 2.28. The van der Waals surface area contributed by atoms with Crippen molar-refractivity contribution in [3.8, 4) is 0 Å². The molecule has 0 atom stereocenters. The quantitative estimate of drug-likeness (QED) is 0.537. The molecule has 0 aliphatic heterocycles. The van der Waals surface area contributed by atoms with Gasteiger partial charge in [-0.3, -0.25) is 9.36 Å². The lowest BCUT2D eigenvalue weighted by atomic mass is 10.5. The Morgan fingerprint density at radius 1 is 1.50 bits per heavy atom. The molecule has 16 heavy (non-hydrogen) atoms. The van der Waals surface area contributed by atoms with Crippen molar-refractivity contribution in [2.24, 2.45) is 0 Å². The molecule has 0 aliphatic rings. The van der Waals surface area contributed by atoms with Gasteiger partial charge < -0.3 is 9.88 Å². The summed E-state index contributed by atoms with van der Waals surface area (Å²) in [4.78, 5) is 23.2. The minimum atomic E-state index is -0.255. The van der Waals surface area contributed by atoms with Crippen LogP contribution in [0.5, 0.6) is 0 Å². The van der Waals surface area contributed by atoms with Gasteiger partial charge in [-0.1, -0.05) is 6.08 Å². The van der Waals surface area contributed by atoms with Crippen LogP contribution >= 0.6 is 0 Å². The molecule has 0 unspecified atom stereocenters. The first-order valence-electron chi connectivity index (χ1n) is 5.32. The molecular weight excluding hydrogens is 206 g/mol. The van der Waals surface area contributed by atoms with Gasteiger partial charge in [0.1, 0.15) is 0 Å². The van der Waals surface area contributed by atoms with Crippen LogP contribution in [0.4, 0.5) is 0 Å². The van der Waals surface area contributed by atoms with Crippen LogP contribution in [0.3, 0.4) is 0 Å². The SMILES string of the molecule is C=CCNCCn1c(=O)ccn(CC)c1=O. The summed E-state index contributed by atoms with van der Waals surface area (Å²) in [5.74, 6) is 0. The van der Waals surface area contributed by atoms with Gasteiger partial charge in [0.05, 0.1) is 0 Å². The zero-order valence-electron chi connectivity index (χ0n) is 9.48. The van der Waals surface area contributed by atoms with E-state index in [1.165, 1.54) is 21.4 Å². The van der Waals surface area contributed by atoms with Gasteiger partial charge in [0.25, 0.3) is 5.56 Å². The lowest BCUT2D eigenvalue weighted by Crippen LogP contribution is -2.40. The van der Waals surface area contributed by atoms with Crippen LogP contribution in [0.1, 0.15) is 6.92 Å². The molecule has 88 valence electrons. The molecule has 0 aliphatic carbocycles. The average molecular weight is 223 g/mol. The predicted octanol–water partition coefficient (Wildman–Crippen LogP) is -0.194. The second-order valence-electron chi connectivity index (χ2n) is 3.37. The maximum Gasteiger partial charge on any atom is 0.330 e. The highest BCUT2D eigenvalue weighted by molar-refractivity contribution is 4.86. The van der Waals surface area contributed by atoms with E-state index in [9.17, 15) is 9.59 Å². The molecule has 1 aromatic rings. The lowest BCUT2D eigenvalue weighted by molar-refractivity contribution is 0.542. The molecule has 0 bridgehead atoms. The van der Waals surface area contributed by atoms with Crippen LogP contribution in [0.25, 0.3) is 0 Å². The third-order valence-corrected chi connectivity index (χ3v) is 2.28. The molecule has 5 heteroatoms. The van der Waals surface area contributed by atoms with Crippen molar-refractivity contribution in [2.75, 3.05) is 13.1 Å². The number of nitrogens with zero attached hydrogens (tertiary/aromatic N) is 2. The second kappa shape index (κ2) is 6.07. The first-order valence-corrected chi connectivity index (χ1v) is 5.32. The fraction of sp³-hybridized carbons (Fsp3) is 0.455. The third kappa shape index (κ3) is 2.93. The van der Waals surface area contributed by atoms with E-state index >= 15 is 0 Å². The summed E-state index contributed by atoms with van der Waals surface area (Å²) in [6.45, 7) is 7.64. The summed E-state index contributed by atoms with van der Waals surface area (Å²) in [6.07, 6.45) is 3.26. The van der Waals surface area contributed by atoms with Crippen LogP contribution < -0.4 is 16.6 Å². The molecule has 0 amide bonds. The standard InChI is InChI=1S/C11H17N3O2/c1-3-6-12-7-9-14-10(15)5-8-13(4-2)11(14)16/h3,5,8,12H,1,4,6-7,9H2,2H3. The maximum absolute atomic E-state index is 11.8. The van der Waals surface area contributed by atoms with Gasteiger partial charge in [-0.2, -0.15) is 0 Å². The minimum Gasteiger partial charge on any atom is -0.312 e. The number of rotatable bonds is 6. The van der Waals surface area contributed by atoms with Gasteiger partial charge in [0.2, 0.25) is 0 Å². The number of aryl methyl sites for hydroxylation is 1. The molecule has 5 nitrogen and oxygen atoms in total. The summed E-state index contributed by atoms with van der Waals surface area (Å²) in [6, 6.07) is 1.42. The molecule has 0 saturated heterocycles. The highest BCUT2D eigenvalue weighted by Gasteiger charge is 2.02. The van der Waals surface area contributed by atoms with Crippen LogP contribution in [-0.2, 0) is 13.1 Å². The highest BCUT2D eigenvalue weighted by Crippen LogP contribution is 1.78. The molecule has 0 spiro atoms. The Morgan fingerprint density at radius 3 is 2.88 bits per heavy atom. The molecular formula is C11H17N3O2. The lowest BCUT2D eigenvalue weighted by Gasteiger charge is -2.08. The van der Waals surface area contributed by atoms with Gasteiger partial charge in [-0.05, 0) is 6.92 Å². The summed E-state index contributed by atoms with van der Waals surface area (Å²) in [5, 5.41) is 3.05. The van der Waals surface area contributed by atoms with E-state index in [2.05, 4.69) is 11.9 Å². The Bertz CT molecular complexity index is 459. The van der Waals surface area contributed by atoms with E-state index in [0.29, 0.717) is 26.2 Å². The average Bonchev–Trinajstić information content (AvgIpc) is 2.28. The summed E-state index contributed by atoms with van der Waals surface area (Å²) in [7, 11) is 0. The van der Waals surface area contributed by atoms with Gasteiger partial charge in [-0.25, -0.2) is 4.79 Å². The van der Waals surface area contributed by atoms with Crippen molar-refractivity contribution in [2.45, 2.75) is 20.0 Å². The van der Waals surface area contributed by atoms with Crippen LogP contribution in [0.15, 0.2) is 34.5 Å². The van der Waals surface area contributed by atoms with Crippen molar-refractivity contribution in [1.29, 1.82) is 0 Å². The van der Waals surface area contributed by atoms with Gasteiger partial charge >= 0.3 is 5.69 Å². The summed E-state index contributed by atoms with van der Waals surface area (Å²) < 4.78 is 2.74. The first kappa shape index (κ1) is 12.4.